The number of fused-ring (bicyclic) bond motifs is 1. The molecule has 0 radical (unpaired) electrons. The highest BCUT2D eigenvalue weighted by Gasteiger charge is 2.15. The summed E-state index contributed by atoms with van der Waals surface area (Å²) in [5.74, 6) is 0.610. The Balaban J connectivity index is 2.10. The van der Waals surface area contributed by atoms with Crippen molar-refractivity contribution < 1.29 is 4.79 Å². The first-order valence-electron chi connectivity index (χ1n) is 5.44. The molecule has 1 aliphatic heterocycles. The summed E-state index contributed by atoms with van der Waals surface area (Å²) in [6.07, 6.45) is 0. The lowest BCUT2D eigenvalue weighted by Crippen LogP contribution is -2.22. The van der Waals surface area contributed by atoms with E-state index in [1.54, 1.807) is 11.8 Å². The highest BCUT2D eigenvalue weighted by Crippen LogP contribution is 2.31. The van der Waals surface area contributed by atoms with Crippen molar-refractivity contribution in [1.29, 1.82) is 0 Å². The number of carbonyl (C=O) groups is 1. The third-order valence-electron chi connectivity index (χ3n) is 2.39. The van der Waals surface area contributed by atoms with Crippen LogP contribution in [0, 0.1) is 0 Å². The van der Waals surface area contributed by atoms with Crippen molar-refractivity contribution in [1.82, 2.24) is 5.32 Å². The monoisotopic (exact) mass is 236 g/mol. The predicted molar refractivity (Wildman–Crippen MR) is 67.8 cm³/mol. The molecule has 0 saturated carbocycles. The SMILES string of the molecule is CC(C)NCc1ccc2c(c1)SCC(=O)N2. The van der Waals surface area contributed by atoms with Crippen LogP contribution in [-0.4, -0.2) is 17.7 Å². The molecular weight excluding hydrogens is 220 g/mol. The van der Waals surface area contributed by atoms with Crippen molar-refractivity contribution in [2.45, 2.75) is 31.3 Å². The molecule has 1 aromatic carbocycles. The highest BCUT2D eigenvalue weighted by molar-refractivity contribution is 8.00. The van der Waals surface area contributed by atoms with Crippen LogP contribution in [0.25, 0.3) is 0 Å². The molecule has 0 saturated heterocycles. The van der Waals surface area contributed by atoms with Crippen molar-refractivity contribution in [3.05, 3.63) is 23.8 Å². The van der Waals surface area contributed by atoms with Gasteiger partial charge in [0.05, 0.1) is 11.4 Å². The fraction of sp³-hybridized carbons (Fsp3) is 0.417. The van der Waals surface area contributed by atoms with Crippen LogP contribution < -0.4 is 10.6 Å². The summed E-state index contributed by atoms with van der Waals surface area (Å²) in [4.78, 5) is 12.4. The van der Waals surface area contributed by atoms with Gasteiger partial charge < -0.3 is 10.6 Å². The van der Waals surface area contributed by atoms with E-state index in [2.05, 4.69) is 36.6 Å². The molecule has 0 bridgehead atoms. The zero-order chi connectivity index (χ0) is 11.5. The summed E-state index contributed by atoms with van der Waals surface area (Å²) < 4.78 is 0. The molecule has 1 heterocycles. The number of amides is 1. The zero-order valence-corrected chi connectivity index (χ0v) is 10.4. The fourth-order valence-electron chi connectivity index (χ4n) is 1.55. The molecule has 0 fully saturated rings. The number of carbonyl (C=O) groups excluding carboxylic acids is 1. The van der Waals surface area contributed by atoms with Gasteiger partial charge in [0, 0.05) is 17.5 Å². The van der Waals surface area contributed by atoms with Gasteiger partial charge in [0.2, 0.25) is 5.91 Å². The minimum atomic E-state index is 0.0885. The molecule has 1 aliphatic rings. The van der Waals surface area contributed by atoms with Gasteiger partial charge in [-0.05, 0) is 17.7 Å². The molecule has 0 spiro atoms. The van der Waals surface area contributed by atoms with E-state index in [0.717, 1.165) is 12.2 Å². The molecule has 3 nitrogen and oxygen atoms in total. The van der Waals surface area contributed by atoms with Gasteiger partial charge in [-0.3, -0.25) is 4.79 Å². The van der Waals surface area contributed by atoms with Crippen LogP contribution in [0.2, 0.25) is 0 Å². The molecular formula is C12H16N2OS. The summed E-state index contributed by atoms with van der Waals surface area (Å²) >= 11 is 1.61. The van der Waals surface area contributed by atoms with Crippen molar-refractivity contribution >= 4 is 23.4 Å². The molecule has 0 unspecified atom stereocenters. The maximum atomic E-state index is 11.2. The van der Waals surface area contributed by atoms with Crippen molar-refractivity contribution in [3.63, 3.8) is 0 Å². The Morgan fingerprint density at radius 3 is 3.06 bits per heavy atom. The van der Waals surface area contributed by atoms with E-state index in [9.17, 15) is 4.79 Å². The Bertz CT molecular complexity index is 404. The van der Waals surface area contributed by atoms with Crippen LogP contribution in [0.4, 0.5) is 5.69 Å². The van der Waals surface area contributed by atoms with E-state index in [4.69, 9.17) is 0 Å². The third-order valence-corrected chi connectivity index (χ3v) is 3.45. The van der Waals surface area contributed by atoms with Crippen LogP contribution in [0.1, 0.15) is 19.4 Å². The van der Waals surface area contributed by atoms with E-state index in [0.29, 0.717) is 11.8 Å². The van der Waals surface area contributed by atoms with Crippen LogP contribution >= 0.6 is 11.8 Å². The van der Waals surface area contributed by atoms with Gasteiger partial charge in [-0.1, -0.05) is 19.9 Å². The average Bonchev–Trinajstić information content (AvgIpc) is 2.26. The Morgan fingerprint density at radius 1 is 1.50 bits per heavy atom. The van der Waals surface area contributed by atoms with E-state index in [1.807, 2.05) is 6.07 Å². The van der Waals surface area contributed by atoms with Gasteiger partial charge >= 0.3 is 0 Å². The largest absolute Gasteiger partial charge is 0.324 e. The number of hydrogen-bond donors (Lipinski definition) is 2. The van der Waals surface area contributed by atoms with Crippen LogP contribution in [0.3, 0.4) is 0 Å². The summed E-state index contributed by atoms with van der Waals surface area (Å²) in [6, 6.07) is 6.68. The Kier molecular flexibility index (Phi) is 3.51. The third kappa shape index (κ3) is 2.77. The number of nitrogens with one attached hydrogen (secondary N) is 2. The number of rotatable bonds is 3. The standard InChI is InChI=1S/C12H16N2OS/c1-8(2)13-6-9-3-4-10-11(5-9)16-7-12(15)14-10/h3-5,8,13H,6-7H2,1-2H3,(H,14,15). The minimum Gasteiger partial charge on any atom is -0.324 e. The second-order valence-corrected chi connectivity index (χ2v) is 5.22. The van der Waals surface area contributed by atoms with E-state index in [1.165, 1.54) is 10.5 Å². The smallest absolute Gasteiger partial charge is 0.234 e. The van der Waals surface area contributed by atoms with Crippen LogP contribution in [-0.2, 0) is 11.3 Å². The number of hydrogen-bond acceptors (Lipinski definition) is 3. The van der Waals surface area contributed by atoms with Crippen molar-refractivity contribution in [2.24, 2.45) is 0 Å². The highest BCUT2D eigenvalue weighted by atomic mass is 32.2. The lowest BCUT2D eigenvalue weighted by atomic mass is 10.2. The Hall–Kier alpha value is -1.00. The van der Waals surface area contributed by atoms with Gasteiger partial charge in [0.15, 0.2) is 0 Å². The lowest BCUT2D eigenvalue weighted by Gasteiger charge is -2.17. The number of thioether (sulfide) groups is 1. The molecule has 86 valence electrons. The first-order valence-corrected chi connectivity index (χ1v) is 6.42. The molecule has 1 amide bonds. The molecule has 0 aliphatic carbocycles. The van der Waals surface area contributed by atoms with Gasteiger partial charge in [-0.15, -0.1) is 11.8 Å². The second kappa shape index (κ2) is 4.89. The average molecular weight is 236 g/mol. The molecule has 2 rings (SSSR count). The van der Waals surface area contributed by atoms with Gasteiger partial charge in [0.25, 0.3) is 0 Å². The van der Waals surface area contributed by atoms with Crippen LogP contribution in [0.15, 0.2) is 23.1 Å². The number of benzene rings is 1. The maximum Gasteiger partial charge on any atom is 0.234 e. The summed E-state index contributed by atoms with van der Waals surface area (Å²) in [5, 5.41) is 6.25. The van der Waals surface area contributed by atoms with E-state index >= 15 is 0 Å². The van der Waals surface area contributed by atoms with Crippen LogP contribution in [0.5, 0.6) is 0 Å². The summed E-state index contributed by atoms with van der Waals surface area (Å²) in [7, 11) is 0. The van der Waals surface area contributed by atoms with Crippen molar-refractivity contribution in [2.75, 3.05) is 11.1 Å². The van der Waals surface area contributed by atoms with Crippen molar-refractivity contribution in [3.8, 4) is 0 Å². The molecule has 2 N–H and O–H groups in total. The maximum absolute atomic E-state index is 11.2. The first-order chi connectivity index (χ1) is 7.65. The second-order valence-electron chi connectivity index (χ2n) is 4.20. The normalized spacial score (nSPS) is 14.8. The summed E-state index contributed by atoms with van der Waals surface area (Å²) in [5.41, 5.74) is 2.20. The molecule has 0 atom stereocenters. The zero-order valence-electron chi connectivity index (χ0n) is 9.54. The lowest BCUT2D eigenvalue weighted by molar-refractivity contribution is -0.113. The molecule has 1 aromatic rings. The summed E-state index contributed by atoms with van der Waals surface area (Å²) in [6.45, 7) is 5.14. The van der Waals surface area contributed by atoms with Gasteiger partial charge in [-0.25, -0.2) is 0 Å². The van der Waals surface area contributed by atoms with Gasteiger partial charge in [0.1, 0.15) is 0 Å². The molecule has 0 aromatic heterocycles. The fourth-order valence-corrected chi connectivity index (χ4v) is 2.42. The Labute approximate surface area is 100.0 Å². The quantitative estimate of drug-likeness (QED) is 0.845. The Morgan fingerprint density at radius 2 is 2.31 bits per heavy atom. The molecule has 16 heavy (non-hydrogen) atoms. The van der Waals surface area contributed by atoms with Gasteiger partial charge in [-0.2, -0.15) is 0 Å². The first kappa shape index (κ1) is 11.5. The van der Waals surface area contributed by atoms with E-state index < -0.39 is 0 Å². The topological polar surface area (TPSA) is 41.1 Å². The minimum absolute atomic E-state index is 0.0885. The predicted octanol–water partition coefficient (Wildman–Crippen LogP) is 2.23. The van der Waals surface area contributed by atoms with E-state index in [-0.39, 0.29) is 5.91 Å². The molecule has 4 heteroatoms. The number of anilines is 1.